The van der Waals surface area contributed by atoms with E-state index < -0.39 is 0 Å². The van der Waals surface area contributed by atoms with E-state index >= 15 is 0 Å². The van der Waals surface area contributed by atoms with E-state index in [-0.39, 0.29) is 0 Å². The lowest BCUT2D eigenvalue weighted by molar-refractivity contribution is 0.132. The second-order valence-corrected chi connectivity index (χ2v) is 5.40. The molecular weight excluding hydrogens is 222 g/mol. The molecule has 18 heavy (non-hydrogen) atoms. The SMILES string of the molecule is CCCCCCC(CCCC)CCCOCCN. The fourth-order valence-corrected chi connectivity index (χ4v) is 2.45. The van der Waals surface area contributed by atoms with Crippen molar-refractivity contribution in [2.75, 3.05) is 19.8 Å². The zero-order valence-corrected chi connectivity index (χ0v) is 12.8. The quantitative estimate of drug-likeness (QED) is 0.464. The van der Waals surface area contributed by atoms with Crippen LogP contribution in [0.4, 0.5) is 0 Å². The van der Waals surface area contributed by atoms with Gasteiger partial charge >= 0.3 is 0 Å². The van der Waals surface area contributed by atoms with Crippen molar-refractivity contribution in [2.45, 2.75) is 78.1 Å². The number of unbranched alkanes of at least 4 members (excludes halogenated alkanes) is 4. The van der Waals surface area contributed by atoms with E-state index in [2.05, 4.69) is 13.8 Å². The van der Waals surface area contributed by atoms with Gasteiger partial charge in [-0.05, 0) is 18.8 Å². The summed E-state index contributed by atoms with van der Waals surface area (Å²) in [6.07, 6.45) is 13.7. The molecule has 0 radical (unpaired) electrons. The minimum Gasteiger partial charge on any atom is -0.380 e. The molecule has 0 aliphatic heterocycles. The molecule has 2 N–H and O–H groups in total. The maximum Gasteiger partial charge on any atom is 0.0588 e. The summed E-state index contributed by atoms with van der Waals surface area (Å²) in [6, 6.07) is 0. The van der Waals surface area contributed by atoms with Crippen molar-refractivity contribution in [3.05, 3.63) is 0 Å². The topological polar surface area (TPSA) is 35.2 Å². The normalized spacial score (nSPS) is 12.8. The van der Waals surface area contributed by atoms with Gasteiger partial charge in [-0.2, -0.15) is 0 Å². The molecule has 0 aliphatic carbocycles. The van der Waals surface area contributed by atoms with Gasteiger partial charge in [0, 0.05) is 13.2 Å². The molecule has 2 heteroatoms. The van der Waals surface area contributed by atoms with Gasteiger partial charge in [-0.3, -0.25) is 0 Å². The van der Waals surface area contributed by atoms with Crippen LogP contribution in [0.3, 0.4) is 0 Å². The van der Waals surface area contributed by atoms with Crippen LogP contribution in [-0.2, 0) is 4.74 Å². The molecule has 0 saturated carbocycles. The van der Waals surface area contributed by atoms with E-state index in [4.69, 9.17) is 10.5 Å². The summed E-state index contributed by atoms with van der Waals surface area (Å²) in [7, 11) is 0. The lowest BCUT2D eigenvalue weighted by Gasteiger charge is -2.16. The Kier molecular flexibility index (Phi) is 14.9. The molecule has 0 bridgehead atoms. The summed E-state index contributed by atoms with van der Waals surface area (Å²) in [5, 5.41) is 0. The van der Waals surface area contributed by atoms with Crippen LogP contribution in [0.2, 0.25) is 0 Å². The first-order valence-electron chi connectivity index (χ1n) is 8.12. The van der Waals surface area contributed by atoms with Crippen LogP contribution in [0.15, 0.2) is 0 Å². The van der Waals surface area contributed by atoms with E-state index in [1.165, 1.54) is 64.2 Å². The number of ether oxygens (including phenoxy) is 1. The first-order chi connectivity index (χ1) is 8.85. The summed E-state index contributed by atoms with van der Waals surface area (Å²) < 4.78 is 5.46. The highest BCUT2D eigenvalue weighted by atomic mass is 16.5. The number of nitrogens with two attached hydrogens (primary N) is 1. The number of hydrogen-bond donors (Lipinski definition) is 1. The van der Waals surface area contributed by atoms with Gasteiger partial charge in [-0.25, -0.2) is 0 Å². The zero-order chi connectivity index (χ0) is 13.5. The average molecular weight is 257 g/mol. The molecule has 0 aromatic rings. The van der Waals surface area contributed by atoms with Crippen LogP contribution in [0.1, 0.15) is 78.1 Å². The maximum atomic E-state index is 5.46. The fraction of sp³-hybridized carbons (Fsp3) is 1.00. The third-order valence-corrected chi connectivity index (χ3v) is 3.60. The van der Waals surface area contributed by atoms with Crippen molar-refractivity contribution in [2.24, 2.45) is 11.7 Å². The summed E-state index contributed by atoms with van der Waals surface area (Å²) >= 11 is 0. The second-order valence-electron chi connectivity index (χ2n) is 5.40. The molecular formula is C16H35NO. The highest BCUT2D eigenvalue weighted by Crippen LogP contribution is 2.22. The largest absolute Gasteiger partial charge is 0.380 e. The third-order valence-electron chi connectivity index (χ3n) is 3.60. The minimum atomic E-state index is 0.649. The van der Waals surface area contributed by atoms with Crippen LogP contribution in [-0.4, -0.2) is 19.8 Å². The molecule has 0 fully saturated rings. The van der Waals surface area contributed by atoms with Gasteiger partial charge in [0.1, 0.15) is 0 Å². The first-order valence-corrected chi connectivity index (χ1v) is 8.12. The Balaban J connectivity index is 3.56. The predicted octanol–water partition coefficient (Wildman–Crippen LogP) is 4.52. The Bertz CT molecular complexity index is 150. The van der Waals surface area contributed by atoms with E-state index in [1.54, 1.807) is 0 Å². The molecule has 0 aromatic heterocycles. The van der Waals surface area contributed by atoms with Gasteiger partial charge in [0.2, 0.25) is 0 Å². The molecule has 0 spiro atoms. The van der Waals surface area contributed by atoms with Crippen LogP contribution >= 0.6 is 0 Å². The van der Waals surface area contributed by atoms with Crippen molar-refractivity contribution in [3.8, 4) is 0 Å². The fourth-order valence-electron chi connectivity index (χ4n) is 2.45. The van der Waals surface area contributed by atoms with Crippen LogP contribution in [0, 0.1) is 5.92 Å². The van der Waals surface area contributed by atoms with Crippen molar-refractivity contribution in [1.82, 2.24) is 0 Å². The van der Waals surface area contributed by atoms with Crippen molar-refractivity contribution < 1.29 is 4.74 Å². The van der Waals surface area contributed by atoms with Gasteiger partial charge in [0.15, 0.2) is 0 Å². The minimum absolute atomic E-state index is 0.649. The lowest BCUT2D eigenvalue weighted by atomic mass is 9.91. The average Bonchev–Trinajstić information content (AvgIpc) is 2.39. The number of hydrogen-bond acceptors (Lipinski definition) is 2. The highest BCUT2D eigenvalue weighted by Gasteiger charge is 2.07. The van der Waals surface area contributed by atoms with E-state index in [9.17, 15) is 0 Å². The van der Waals surface area contributed by atoms with E-state index in [0.29, 0.717) is 6.54 Å². The Labute approximate surface area is 115 Å². The van der Waals surface area contributed by atoms with Gasteiger partial charge in [-0.15, -0.1) is 0 Å². The predicted molar refractivity (Wildman–Crippen MR) is 80.9 cm³/mol. The van der Waals surface area contributed by atoms with E-state index in [1.807, 2.05) is 0 Å². The standard InChI is InChI=1S/C16H35NO/c1-3-5-7-8-11-16(10-6-4-2)12-9-14-18-15-13-17/h16H,3-15,17H2,1-2H3. The Hall–Kier alpha value is -0.0800. The molecule has 0 saturated heterocycles. The smallest absolute Gasteiger partial charge is 0.0588 e. The van der Waals surface area contributed by atoms with Gasteiger partial charge < -0.3 is 10.5 Å². The second kappa shape index (κ2) is 15.0. The summed E-state index contributed by atoms with van der Waals surface area (Å²) in [5.74, 6) is 0.934. The molecule has 0 amide bonds. The molecule has 0 aromatic carbocycles. The van der Waals surface area contributed by atoms with Crippen LogP contribution in [0.5, 0.6) is 0 Å². The Morgan fingerprint density at radius 2 is 1.44 bits per heavy atom. The number of rotatable bonds is 14. The molecule has 0 aliphatic rings. The van der Waals surface area contributed by atoms with Gasteiger partial charge in [0.25, 0.3) is 0 Å². The van der Waals surface area contributed by atoms with Gasteiger partial charge in [0.05, 0.1) is 6.61 Å². The van der Waals surface area contributed by atoms with Crippen molar-refractivity contribution in [3.63, 3.8) is 0 Å². The third kappa shape index (κ3) is 12.4. The summed E-state index contributed by atoms with van der Waals surface area (Å²) in [5.41, 5.74) is 5.41. The van der Waals surface area contributed by atoms with Crippen LogP contribution < -0.4 is 5.73 Å². The van der Waals surface area contributed by atoms with Gasteiger partial charge in [-0.1, -0.05) is 65.2 Å². The monoisotopic (exact) mass is 257 g/mol. The molecule has 1 atom stereocenters. The lowest BCUT2D eigenvalue weighted by Crippen LogP contribution is -2.10. The molecule has 110 valence electrons. The van der Waals surface area contributed by atoms with E-state index in [0.717, 1.165) is 19.1 Å². The molecule has 0 heterocycles. The highest BCUT2D eigenvalue weighted by molar-refractivity contribution is 4.60. The molecule has 0 rings (SSSR count). The maximum absolute atomic E-state index is 5.46. The molecule has 1 unspecified atom stereocenters. The Morgan fingerprint density at radius 1 is 0.778 bits per heavy atom. The van der Waals surface area contributed by atoms with Crippen molar-refractivity contribution in [1.29, 1.82) is 0 Å². The Morgan fingerprint density at radius 3 is 2.11 bits per heavy atom. The summed E-state index contributed by atoms with van der Waals surface area (Å²) in [6.45, 7) is 6.84. The zero-order valence-electron chi connectivity index (χ0n) is 12.8. The van der Waals surface area contributed by atoms with Crippen molar-refractivity contribution >= 4 is 0 Å². The first kappa shape index (κ1) is 17.9. The van der Waals surface area contributed by atoms with Crippen LogP contribution in [0.25, 0.3) is 0 Å². The summed E-state index contributed by atoms with van der Waals surface area (Å²) in [4.78, 5) is 0. The molecule has 2 nitrogen and oxygen atoms in total.